The molecule has 1 aromatic rings. The van der Waals surface area contributed by atoms with E-state index in [4.69, 9.17) is 10.5 Å². The fourth-order valence-electron chi connectivity index (χ4n) is 1.37. The highest BCUT2D eigenvalue weighted by atomic mass is 32.2. The van der Waals surface area contributed by atoms with Gasteiger partial charge in [0.1, 0.15) is 5.75 Å². The second-order valence-corrected chi connectivity index (χ2v) is 5.56. The average molecular weight is 304 g/mol. The van der Waals surface area contributed by atoms with Crippen LogP contribution in [0.4, 0.5) is 5.69 Å². The zero-order valence-corrected chi connectivity index (χ0v) is 11.8. The van der Waals surface area contributed by atoms with E-state index in [1.165, 1.54) is 25.3 Å². The third-order valence-corrected chi connectivity index (χ3v) is 3.87. The van der Waals surface area contributed by atoms with Crippen LogP contribution in [0.3, 0.4) is 0 Å². The number of rotatable bonds is 6. The lowest BCUT2D eigenvalue weighted by atomic mass is 10.3. The van der Waals surface area contributed by atoms with Crippen molar-refractivity contribution in [2.24, 2.45) is 0 Å². The van der Waals surface area contributed by atoms with Gasteiger partial charge in [-0.1, -0.05) is 0 Å². The summed E-state index contributed by atoms with van der Waals surface area (Å²) in [5.41, 5.74) is 5.77. The molecule has 0 aliphatic heterocycles. The summed E-state index contributed by atoms with van der Waals surface area (Å²) >= 11 is 0. The molecule has 112 valence electrons. The Morgan fingerprint density at radius 3 is 2.60 bits per heavy atom. The van der Waals surface area contributed by atoms with Gasteiger partial charge in [-0.25, -0.2) is 17.9 Å². The van der Waals surface area contributed by atoms with Crippen molar-refractivity contribution in [3.63, 3.8) is 0 Å². The van der Waals surface area contributed by atoms with Gasteiger partial charge in [0, 0.05) is 6.54 Å². The number of nitrogens with two attached hydrogens (primary N) is 1. The molecule has 8 nitrogen and oxygen atoms in total. The molecule has 1 aromatic carbocycles. The number of carbonyl (C=O) groups excluding carboxylic acids is 1. The smallest absolute Gasteiger partial charge is 0.336 e. The zero-order chi connectivity index (χ0) is 15.3. The van der Waals surface area contributed by atoms with Gasteiger partial charge in [-0.2, -0.15) is 0 Å². The monoisotopic (exact) mass is 304 g/mol. The number of nitrogens with one attached hydrogen (secondary N) is 1. The molecule has 0 heterocycles. The van der Waals surface area contributed by atoms with Gasteiger partial charge in [-0.15, -0.1) is 0 Å². The number of hydrogen-bond donors (Lipinski definition) is 3. The van der Waals surface area contributed by atoms with E-state index in [1.807, 2.05) is 0 Å². The van der Waals surface area contributed by atoms with Gasteiger partial charge in [0.2, 0.25) is 10.0 Å². The molecule has 0 saturated heterocycles. The Bertz CT molecular complexity index is 587. The molecule has 1 rings (SSSR count). The summed E-state index contributed by atoms with van der Waals surface area (Å²) in [6, 6.07) is 3.91. The first-order chi connectivity index (χ1) is 9.31. The lowest BCUT2D eigenvalue weighted by molar-refractivity contribution is -0.149. The van der Waals surface area contributed by atoms with Gasteiger partial charge in [-0.05, 0) is 18.2 Å². The largest absolute Gasteiger partial charge is 0.495 e. The minimum Gasteiger partial charge on any atom is -0.495 e. The Morgan fingerprint density at radius 1 is 1.45 bits per heavy atom. The second kappa shape index (κ2) is 6.55. The van der Waals surface area contributed by atoms with Crippen molar-refractivity contribution in [1.29, 1.82) is 0 Å². The summed E-state index contributed by atoms with van der Waals surface area (Å²) in [6.07, 6.45) is -1.58. The van der Waals surface area contributed by atoms with Crippen molar-refractivity contribution in [2.75, 3.05) is 26.5 Å². The van der Waals surface area contributed by atoms with Crippen LogP contribution in [-0.2, 0) is 19.6 Å². The predicted molar refractivity (Wildman–Crippen MR) is 70.6 cm³/mol. The molecule has 1 unspecified atom stereocenters. The number of hydrogen-bond acceptors (Lipinski definition) is 7. The molecule has 0 amide bonds. The highest BCUT2D eigenvalue weighted by Gasteiger charge is 2.21. The summed E-state index contributed by atoms with van der Waals surface area (Å²) < 4.78 is 35.1. The van der Waals surface area contributed by atoms with E-state index in [0.717, 1.165) is 7.11 Å². The normalized spacial score (nSPS) is 12.8. The molecule has 0 aromatic heterocycles. The van der Waals surface area contributed by atoms with Gasteiger partial charge in [-0.3, -0.25) is 0 Å². The summed E-state index contributed by atoms with van der Waals surface area (Å²) in [5, 5.41) is 9.32. The maximum absolute atomic E-state index is 11.9. The van der Waals surface area contributed by atoms with Crippen molar-refractivity contribution >= 4 is 21.7 Å². The fourth-order valence-corrected chi connectivity index (χ4v) is 2.44. The first-order valence-electron chi connectivity index (χ1n) is 5.51. The molecule has 0 spiro atoms. The molecule has 0 aliphatic carbocycles. The van der Waals surface area contributed by atoms with E-state index >= 15 is 0 Å². The SMILES string of the molecule is COC(=O)C(O)CNS(=O)(=O)c1ccc(OC)c(N)c1. The summed E-state index contributed by atoms with van der Waals surface area (Å²) in [7, 11) is -1.40. The third kappa shape index (κ3) is 3.83. The van der Waals surface area contributed by atoms with E-state index in [9.17, 15) is 18.3 Å². The molecule has 20 heavy (non-hydrogen) atoms. The molecule has 0 saturated carbocycles. The number of methoxy groups -OCH3 is 2. The van der Waals surface area contributed by atoms with Crippen LogP contribution in [-0.4, -0.2) is 46.4 Å². The topological polar surface area (TPSA) is 128 Å². The fraction of sp³-hybridized carbons (Fsp3) is 0.364. The lowest BCUT2D eigenvalue weighted by Crippen LogP contribution is -2.37. The molecular formula is C11H16N2O6S. The van der Waals surface area contributed by atoms with E-state index in [-0.39, 0.29) is 10.6 Å². The summed E-state index contributed by atoms with van der Waals surface area (Å²) in [5.74, 6) is -0.583. The molecule has 0 fully saturated rings. The molecule has 9 heteroatoms. The zero-order valence-electron chi connectivity index (χ0n) is 11.0. The number of ether oxygens (including phenoxy) is 2. The van der Waals surface area contributed by atoms with Crippen molar-refractivity contribution < 1.29 is 27.8 Å². The maximum atomic E-state index is 11.9. The van der Waals surface area contributed by atoms with Gasteiger partial charge in [0.25, 0.3) is 0 Å². The molecule has 1 atom stereocenters. The van der Waals surface area contributed by atoms with Gasteiger partial charge >= 0.3 is 5.97 Å². The van der Waals surface area contributed by atoms with Crippen LogP contribution >= 0.6 is 0 Å². The maximum Gasteiger partial charge on any atom is 0.336 e. The van der Waals surface area contributed by atoms with Crippen LogP contribution in [0.1, 0.15) is 0 Å². The number of aliphatic hydroxyl groups is 1. The molecule has 4 N–H and O–H groups in total. The van der Waals surface area contributed by atoms with Crippen molar-refractivity contribution in [3.05, 3.63) is 18.2 Å². The Hall–Kier alpha value is -1.84. The number of sulfonamides is 1. The summed E-state index contributed by atoms with van der Waals surface area (Å²) in [4.78, 5) is 10.9. The number of aliphatic hydroxyl groups excluding tert-OH is 1. The first-order valence-corrected chi connectivity index (χ1v) is 6.99. The Balaban J connectivity index is 2.84. The Labute approximate surface area is 116 Å². The molecule has 0 bridgehead atoms. The van der Waals surface area contributed by atoms with Crippen molar-refractivity contribution in [2.45, 2.75) is 11.0 Å². The first kappa shape index (κ1) is 16.2. The minimum absolute atomic E-state index is 0.104. The van der Waals surface area contributed by atoms with Gasteiger partial charge in [0.15, 0.2) is 6.10 Å². The number of esters is 1. The van der Waals surface area contributed by atoms with E-state index in [1.54, 1.807) is 0 Å². The highest BCUT2D eigenvalue weighted by molar-refractivity contribution is 7.89. The second-order valence-electron chi connectivity index (χ2n) is 3.79. The van der Waals surface area contributed by atoms with Crippen molar-refractivity contribution in [1.82, 2.24) is 4.72 Å². The van der Waals surface area contributed by atoms with Crippen LogP contribution in [0.25, 0.3) is 0 Å². The molecule has 0 aliphatic rings. The van der Waals surface area contributed by atoms with E-state index in [0.29, 0.717) is 5.75 Å². The van der Waals surface area contributed by atoms with Crippen LogP contribution in [0.15, 0.2) is 23.1 Å². The molecule has 0 radical (unpaired) electrons. The van der Waals surface area contributed by atoms with Gasteiger partial charge in [0.05, 0.1) is 24.8 Å². The standard InChI is InChI=1S/C11H16N2O6S/c1-18-10-4-3-7(5-8(10)12)20(16,17)13-6-9(14)11(15)19-2/h3-5,9,13-14H,6,12H2,1-2H3. The number of anilines is 1. The lowest BCUT2D eigenvalue weighted by Gasteiger charge is -2.11. The third-order valence-electron chi connectivity index (χ3n) is 2.45. The molecular weight excluding hydrogens is 288 g/mol. The highest BCUT2D eigenvalue weighted by Crippen LogP contribution is 2.24. The van der Waals surface area contributed by atoms with Crippen LogP contribution in [0.5, 0.6) is 5.75 Å². The summed E-state index contributed by atoms with van der Waals surface area (Å²) in [6.45, 7) is -0.499. The number of nitrogen functional groups attached to an aromatic ring is 1. The number of carbonyl (C=O) groups is 1. The predicted octanol–water partition coefficient (Wildman–Crippen LogP) is -0.910. The Kier molecular flexibility index (Phi) is 5.31. The average Bonchev–Trinajstić information content (AvgIpc) is 2.43. The van der Waals surface area contributed by atoms with Crippen LogP contribution < -0.4 is 15.2 Å². The number of benzene rings is 1. The van der Waals surface area contributed by atoms with Crippen LogP contribution in [0.2, 0.25) is 0 Å². The van der Waals surface area contributed by atoms with Crippen molar-refractivity contribution in [3.8, 4) is 5.75 Å². The minimum atomic E-state index is -3.90. The van der Waals surface area contributed by atoms with Gasteiger partial charge < -0.3 is 20.3 Å². The Morgan fingerprint density at radius 2 is 2.10 bits per heavy atom. The van der Waals surface area contributed by atoms with Crippen LogP contribution in [0, 0.1) is 0 Å². The quantitative estimate of drug-likeness (QED) is 0.458. The van der Waals surface area contributed by atoms with E-state index < -0.39 is 28.6 Å². The van der Waals surface area contributed by atoms with E-state index in [2.05, 4.69) is 9.46 Å².